The first-order valence-electron chi connectivity index (χ1n) is 6.79. The zero-order valence-electron chi connectivity index (χ0n) is 11.3. The van der Waals surface area contributed by atoms with Crippen LogP contribution in [0.15, 0.2) is 18.2 Å². The fourth-order valence-corrected chi connectivity index (χ4v) is 2.37. The first-order chi connectivity index (χ1) is 9.74. The number of fused-ring (bicyclic) bond motifs is 1. The maximum Gasteiger partial charge on any atom is 0.244 e. The van der Waals surface area contributed by atoms with Gasteiger partial charge >= 0.3 is 0 Å². The van der Waals surface area contributed by atoms with E-state index in [1.54, 1.807) is 18.2 Å². The zero-order valence-corrected chi connectivity index (χ0v) is 11.3. The van der Waals surface area contributed by atoms with Gasteiger partial charge < -0.3 is 24.8 Å². The number of ether oxygens (including phenoxy) is 3. The lowest BCUT2D eigenvalue weighted by Crippen LogP contribution is -2.53. The van der Waals surface area contributed by atoms with Gasteiger partial charge in [-0.2, -0.15) is 0 Å². The summed E-state index contributed by atoms with van der Waals surface area (Å²) in [5.41, 5.74) is 0.693. The molecule has 0 aliphatic carbocycles. The van der Waals surface area contributed by atoms with Crippen molar-refractivity contribution in [1.82, 2.24) is 5.32 Å². The second-order valence-electron chi connectivity index (χ2n) is 4.86. The Kier molecular flexibility index (Phi) is 3.75. The van der Waals surface area contributed by atoms with E-state index >= 15 is 0 Å². The molecule has 2 aliphatic heterocycles. The van der Waals surface area contributed by atoms with Crippen LogP contribution < -0.4 is 20.1 Å². The average molecular weight is 278 g/mol. The van der Waals surface area contributed by atoms with E-state index in [2.05, 4.69) is 10.6 Å². The van der Waals surface area contributed by atoms with Crippen LogP contribution in [0.4, 0.5) is 5.69 Å². The number of anilines is 1. The monoisotopic (exact) mass is 278 g/mol. The fourth-order valence-electron chi connectivity index (χ4n) is 2.37. The molecule has 1 aromatic carbocycles. The molecule has 20 heavy (non-hydrogen) atoms. The normalized spacial score (nSPS) is 25.1. The predicted octanol–water partition coefficient (Wildman–Crippen LogP) is 0.773. The van der Waals surface area contributed by atoms with Crippen molar-refractivity contribution >= 4 is 11.6 Å². The van der Waals surface area contributed by atoms with Crippen molar-refractivity contribution in [2.45, 2.75) is 19.1 Å². The molecule has 0 saturated carbocycles. The number of amides is 1. The van der Waals surface area contributed by atoms with E-state index in [9.17, 15) is 4.79 Å². The number of rotatable bonds is 2. The van der Waals surface area contributed by atoms with Gasteiger partial charge in [0.1, 0.15) is 19.3 Å². The highest BCUT2D eigenvalue weighted by molar-refractivity contribution is 5.95. The Labute approximate surface area is 117 Å². The summed E-state index contributed by atoms with van der Waals surface area (Å²) in [6, 6.07) is 5.05. The first kappa shape index (κ1) is 13.2. The molecule has 2 aliphatic rings. The third-order valence-electron chi connectivity index (χ3n) is 3.41. The zero-order chi connectivity index (χ0) is 13.9. The van der Waals surface area contributed by atoms with Crippen molar-refractivity contribution in [2.24, 2.45) is 0 Å². The smallest absolute Gasteiger partial charge is 0.244 e. The van der Waals surface area contributed by atoms with Crippen LogP contribution in [0, 0.1) is 0 Å². The first-order valence-corrected chi connectivity index (χ1v) is 6.79. The third kappa shape index (κ3) is 2.71. The molecule has 2 atom stereocenters. The molecule has 6 nitrogen and oxygen atoms in total. The molecule has 0 spiro atoms. The minimum absolute atomic E-state index is 0.103. The Morgan fingerprint density at radius 1 is 1.25 bits per heavy atom. The minimum atomic E-state index is -0.336. The molecule has 1 amide bonds. The molecule has 1 aromatic rings. The number of nitrogens with one attached hydrogen (secondary N) is 2. The summed E-state index contributed by atoms with van der Waals surface area (Å²) >= 11 is 0. The molecule has 0 aromatic heterocycles. The van der Waals surface area contributed by atoms with Gasteiger partial charge in [0.15, 0.2) is 11.5 Å². The summed E-state index contributed by atoms with van der Waals surface area (Å²) in [6.07, 6.45) is -0.138. The highest BCUT2D eigenvalue weighted by Gasteiger charge is 2.28. The van der Waals surface area contributed by atoms with Gasteiger partial charge in [-0.15, -0.1) is 0 Å². The Morgan fingerprint density at radius 2 is 2.05 bits per heavy atom. The summed E-state index contributed by atoms with van der Waals surface area (Å²) in [6.45, 7) is 4.29. The summed E-state index contributed by atoms with van der Waals surface area (Å²) < 4.78 is 16.4. The van der Waals surface area contributed by atoms with Gasteiger partial charge in [0.25, 0.3) is 0 Å². The van der Waals surface area contributed by atoms with Gasteiger partial charge in [0.05, 0.1) is 12.7 Å². The standard InChI is InChI=1S/C14H18N2O4/c1-9-13(15-4-5-18-9)14(17)16-10-2-3-11-12(8-10)20-7-6-19-11/h2-3,8-9,13,15H,4-7H2,1H3,(H,16,17)/t9-,13+/m1/s1. The topological polar surface area (TPSA) is 68.8 Å². The fraction of sp³-hybridized carbons (Fsp3) is 0.500. The van der Waals surface area contributed by atoms with E-state index in [1.807, 2.05) is 6.92 Å². The minimum Gasteiger partial charge on any atom is -0.486 e. The summed E-state index contributed by atoms with van der Waals surface area (Å²) in [4.78, 5) is 12.2. The van der Waals surface area contributed by atoms with Crippen molar-refractivity contribution in [1.29, 1.82) is 0 Å². The number of carbonyl (C=O) groups excluding carboxylic acids is 1. The second kappa shape index (κ2) is 5.68. The lowest BCUT2D eigenvalue weighted by molar-refractivity contribution is -0.123. The molecule has 3 rings (SSSR count). The molecule has 0 bridgehead atoms. The highest BCUT2D eigenvalue weighted by atomic mass is 16.6. The Hall–Kier alpha value is -1.79. The van der Waals surface area contributed by atoms with Crippen LogP contribution in [-0.4, -0.2) is 44.4 Å². The highest BCUT2D eigenvalue weighted by Crippen LogP contribution is 2.32. The van der Waals surface area contributed by atoms with E-state index < -0.39 is 0 Å². The number of morpholine rings is 1. The molecule has 2 N–H and O–H groups in total. The molecule has 6 heteroatoms. The average Bonchev–Trinajstić information content (AvgIpc) is 2.47. The van der Waals surface area contributed by atoms with E-state index in [4.69, 9.17) is 14.2 Å². The second-order valence-corrected chi connectivity index (χ2v) is 4.86. The van der Waals surface area contributed by atoms with Gasteiger partial charge in [-0.3, -0.25) is 4.79 Å². The number of hydrogen-bond donors (Lipinski definition) is 2. The van der Waals surface area contributed by atoms with Crippen molar-refractivity contribution in [3.05, 3.63) is 18.2 Å². The number of hydrogen-bond acceptors (Lipinski definition) is 5. The molecule has 1 fully saturated rings. The van der Waals surface area contributed by atoms with E-state index in [-0.39, 0.29) is 18.1 Å². The molecule has 0 unspecified atom stereocenters. The predicted molar refractivity (Wildman–Crippen MR) is 73.3 cm³/mol. The Bertz CT molecular complexity index is 506. The van der Waals surface area contributed by atoms with Gasteiger partial charge in [-0.1, -0.05) is 0 Å². The summed E-state index contributed by atoms with van der Waals surface area (Å²) in [7, 11) is 0. The third-order valence-corrected chi connectivity index (χ3v) is 3.41. The van der Waals surface area contributed by atoms with E-state index in [1.165, 1.54) is 0 Å². The summed E-state index contributed by atoms with van der Waals surface area (Å²) in [5.74, 6) is 1.27. The molecular weight excluding hydrogens is 260 g/mol. The van der Waals surface area contributed by atoms with Crippen LogP contribution in [0.1, 0.15) is 6.92 Å². The van der Waals surface area contributed by atoms with Crippen LogP contribution in [-0.2, 0) is 9.53 Å². The van der Waals surface area contributed by atoms with Crippen LogP contribution in [0.2, 0.25) is 0 Å². The lowest BCUT2D eigenvalue weighted by Gasteiger charge is -2.29. The van der Waals surface area contributed by atoms with Crippen molar-refractivity contribution < 1.29 is 19.0 Å². The van der Waals surface area contributed by atoms with Crippen LogP contribution in [0.5, 0.6) is 11.5 Å². The lowest BCUT2D eigenvalue weighted by atomic mass is 10.1. The van der Waals surface area contributed by atoms with Crippen LogP contribution >= 0.6 is 0 Å². The van der Waals surface area contributed by atoms with Gasteiger partial charge in [-0.25, -0.2) is 0 Å². The van der Waals surface area contributed by atoms with E-state index in [0.717, 1.165) is 0 Å². The Balaban J connectivity index is 1.69. The maximum atomic E-state index is 12.2. The van der Waals surface area contributed by atoms with Crippen molar-refractivity contribution in [3.63, 3.8) is 0 Å². The summed E-state index contributed by atoms with van der Waals surface area (Å²) in [5, 5.41) is 6.03. The Morgan fingerprint density at radius 3 is 2.85 bits per heavy atom. The SMILES string of the molecule is C[C@H]1OCCN[C@@H]1C(=O)Nc1ccc2c(c1)OCCO2. The molecule has 0 radical (unpaired) electrons. The number of carbonyl (C=O) groups is 1. The van der Waals surface area contributed by atoms with Gasteiger partial charge in [0, 0.05) is 18.3 Å². The van der Waals surface area contributed by atoms with Crippen LogP contribution in [0.3, 0.4) is 0 Å². The van der Waals surface area contributed by atoms with Crippen LogP contribution in [0.25, 0.3) is 0 Å². The van der Waals surface area contributed by atoms with Gasteiger partial charge in [-0.05, 0) is 19.1 Å². The maximum absolute atomic E-state index is 12.2. The molecule has 1 saturated heterocycles. The molecular formula is C14H18N2O4. The van der Waals surface area contributed by atoms with E-state index in [0.29, 0.717) is 43.6 Å². The quantitative estimate of drug-likeness (QED) is 0.836. The van der Waals surface area contributed by atoms with Gasteiger partial charge in [0.2, 0.25) is 5.91 Å². The molecule has 108 valence electrons. The largest absolute Gasteiger partial charge is 0.486 e. The van der Waals surface area contributed by atoms with Crippen molar-refractivity contribution in [3.8, 4) is 11.5 Å². The van der Waals surface area contributed by atoms with Crippen molar-refractivity contribution in [2.75, 3.05) is 31.7 Å². The number of benzene rings is 1. The molecule has 2 heterocycles.